The number of methoxy groups -OCH3 is 1. The Morgan fingerprint density at radius 2 is 1.72 bits per heavy atom. The van der Waals surface area contributed by atoms with E-state index in [4.69, 9.17) is 4.74 Å². The van der Waals surface area contributed by atoms with Gasteiger partial charge in [0.25, 0.3) is 0 Å². The molecule has 18 heavy (non-hydrogen) atoms. The molecule has 1 atom stereocenters. The summed E-state index contributed by atoms with van der Waals surface area (Å²) in [5, 5.41) is 3.20. The Morgan fingerprint density at radius 1 is 1.17 bits per heavy atom. The van der Waals surface area contributed by atoms with Crippen LogP contribution in [0.3, 0.4) is 0 Å². The van der Waals surface area contributed by atoms with Crippen LogP contribution in [0, 0.1) is 0 Å². The van der Waals surface area contributed by atoms with Crippen molar-refractivity contribution >= 4 is 5.97 Å². The first kappa shape index (κ1) is 17.4. The van der Waals surface area contributed by atoms with Gasteiger partial charge in [-0.25, -0.2) is 0 Å². The molecule has 0 aliphatic carbocycles. The van der Waals surface area contributed by atoms with Crippen molar-refractivity contribution in [2.45, 2.75) is 52.5 Å². The predicted molar refractivity (Wildman–Crippen MR) is 75.7 cm³/mol. The van der Waals surface area contributed by atoms with Crippen LogP contribution in [0.25, 0.3) is 0 Å². The standard InChI is InChI=1S/C14H30N2O2/c1-5-8-10-16(11-9-6-2)12-13(15-7-3)14(17)18-4/h13,15H,5-12H2,1-4H3. The van der Waals surface area contributed by atoms with Crippen molar-refractivity contribution in [2.24, 2.45) is 0 Å². The van der Waals surface area contributed by atoms with Gasteiger partial charge in [0, 0.05) is 6.54 Å². The van der Waals surface area contributed by atoms with Gasteiger partial charge in [0.05, 0.1) is 7.11 Å². The van der Waals surface area contributed by atoms with Crippen LogP contribution in [-0.4, -0.2) is 50.2 Å². The molecular weight excluding hydrogens is 228 g/mol. The quantitative estimate of drug-likeness (QED) is 0.576. The van der Waals surface area contributed by atoms with E-state index in [0.717, 1.165) is 26.2 Å². The summed E-state index contributed by atoms with van der Waals surface area (Å²) in [6, 6.07) is -0.200. The summed E-state index contributed by atoms with van der Waals surface area (Å²) >= 11 is 0. The Kier molecular flexibility index (Phi) is 11.1. The topological polar surface area (TPSA) is 41.6 Å². The third-order valence-electron chi connectivity index (χ3n) is 3.03. The molecule has 0 aromatic rings. The van der Waals surface area contributed by atoms with Crippen LogP contribution in [0.15, 0.2) is 0 Å². The normalized spacial score (nSPS) is 12.7. The zero-order valence-corrected chi connectivity index (χ0v) is 12.5. The third kappa shape index (κ3) is 7.67. The van der Waals surface area contributed by atoms with Crippen molar-refractivity contribution in [1.82, 2.24) is 10.2 Å². The molecule has 0 aliphatic rings. The van der Waals surface area contributed by atoms with Gasteiger partial charge in [-0.15, -0.1) is 0 Å². The highest BCUT2D eigenvalue weighted by Crippen LogP contribution is 2.02. The molecule has 4 heteroatoms. The molecule has 0 bridgehead atoms. The molecule has 0 saturated heterocycles. The van der Waals surface area contributed by atoms with Gasteiger partial charge in [-0.1, -0.05) is 33.6 Å². The summed E-state index contributed by atoms with van der Waals surface area (Å²) in [5.41, 5.74) is 0. The minimum absolute atomic E-state index is 0.158. The van der Waals surface area contributed by atoms with Gasteiger partial charge in [-0.05, 0) is 32.5 Å². The number of nitrogens with one attached hydrogen (secondary N) is 1. The van der Waals surface area contributed by atoms with E-state index in [0.29, 0.717) is 0 Å². The fourth-order valence-corrected chi connectivity index (χ4v) is 1.93. The highest BCUT2D eigenvalue weighted by Gasteiger charge is 2.20. The second-order valence-electron chi connectivity index (χ2n) is 4.64. The lowest BCUT2D eigenvalue weighted by Crippen LogP contribution is -2.47. The lowest BCUT2D eigenvalue weighted by Gasteiger charge is -2.26. The number of nitrogens with zero attached hydrogens (tertiary/aromatic N) is 1. The molecule has 0 spiro atoms. The Balaban J connectivity index is 4.31. The number of esters is 1. The molecule has 0 aliphatic heterocycles. The molecule has 0 aromatic carbocycles. The first-order valence-electron chi connectivity index (χ1n) is 7.23. The first-order valence-corrected chi connectivity index (χ1v) is 7.23. The summed E-state index contributed by atoms with van der Waals surface area (Å²) in [4.78, 5) is 14.0. The Hall–Kier alpha value is -0.610. The van der Waals surface area contributed by atoms with E-state index in [1.54, 1.807) is 0 Å². The van der Waals surface area contributed by atoms with Gasteiger partial charge in [-0.2, -0.15) is 0 Å². The Bertz CT molecular complexity index is 202. The highest BCUT2D eigenvalue weighted by atomic mass is 16.5. The van der Waals surface area contributed by atoms with Crippen LogP contribution in [0.2, 0.25) is 0 Å². The molecule has 4 nitrogen and oxygen atoms in total. The molecule has 0 fully saturated rings. The van der Waals surface area contributed by atoms with E-state index in [2.05, 4.69) is 24.1 Å². The number of rotatable bonds is 11. The maximum Gasteiger partial charge on any atom is 0.324 e. The molecule has 0 heterocycles. The van der Waals surface area contributed by atoms with E-state index in [9.17, 15) is 4.79 Å². The monoisotopic (exact) mass is 258 g/mol. The molecule has 1 N–H and O–H groups in total. The van der Waals surface area contributed by atoms with E-state index < -0.39 is 0 Å². The fraction of sp³-hybridized carbons (Fsp3) is 0.929. The van der Waals surface area contributed by atoms with Crippen LogP contribution < -0.4 is 5.32 Å². The van der Waals surface area contributed by atoms with Gasteiger partial charge < -0.3 is 15.0 Å². The van der Waals surface area contributed by atoms with Crippen molar-refractivity contribution < 1.29 is 9.53 Å². The minimum atomic E-state index is -0.200. The van der Waals surface area contributed by atoms with Crippen molar-refractivity contribution in [3.8, 4) is 0 Å². The maximum absolute atomic E-state index is 11.7. The SMILES string of the molecule is CCCCN(CCCC)CC(NCC)C(=O)OC. The lowest BCUT2D eigenvalue weighted by molar-refractivity contribution is -0.143. The third-order valence-corrected chi connectivity index (χ3v) is 3.03. The molecule has 0 aromatic heterocycles. The predicted octanol–water partition coefficient (Wildman–Crippen LogP) is 2.04. The van der Waals surface area contributed by atoms with E-state index in [-0.39, 0.29) is 12.0 Å². The van der Waals surface area contributed by atoms with Crippen molar-refractivity contribution in [2.75, 3.05) is 33.3 Å². The number of hydrogen-bond acceptors (Lipinski definition) is 4. The van der Waals surface area contributed by atoms with Crippen molar-refractivity contribution in [3.63, 3.8) is 0 Å². The minimum Gasteiger partial charge on any atom is -0.468 e. The summed E-state index contributed by atoms with van der Waals surface area (Å²) in [5.74, 6) is -0.158. The average Bonchev–Trinajstić information content (AvgIpc) is 2.39. The number of carbonyl (C=O) groups is 1. The van der Waals surface area contributed by atoms with Gasteiger partial charge in [-0.3, -0.25) is 4.79 Å². The van der Waals surface area contributed by atoms with Crippen molar-refractivity contribution in [1.29, 1.82) is 0 Å². The summed E-state index contributed by atoms with van der Waals surface area (Å²) in [6.07, 6.45) is 4.74. The van der Waals surface area contributed by atoms with E-state index in [1.165, 1.54) is 32.8 Å². The molecule has 0 amide bonds. The van der Waals surface area contributed by atoms with Gasteiger partial charge in [0.1, 0.15) is 6.04 Å². The number of ether oxygens (including phenoxy) is 1. The average molecular weight is 258 g/mol. The Labute approximate surface area is 112 Å². The molecule has 0 radical (unpaired) electrons. The summed E-state index contributed by atoms with van der Waals surface area (Å²) < 4.78 is 4.85. The number of likely N-dealkylation sites (N-methyl/N-ethyl adjacent to an activating group) is 1. The van der Waals surface area contributed by atoms with Gasteiger partial charge in [0.15, 0.2) is 0 Å². The van der Waals surface area contributed by atoms with Crippen LogP contribution in [0.5, 0.6) is 0 Å². The zero-order valence-electron chi connectivity index (χ0n) is 12.5. The molecule has 108 valence electrons. The first-order chi connectivity index (χ1) is 8.69. The fourth-order valence-electron chi connectivity index (χ4n) is 1.93. The Morgan fingerprint density at radius 3 is 2.11 bits per heavy atom. The van der Waals surface area contributed by atoms with E-state index >= 15 is 0 Å². The number of hydrogen-bond donors (Lipinski definition) is 1. The molecule has 1 unspecified atom stereocenters. The lowest BCUT2D eigenvalue weighted by atomic mass is 10.2. The van der Waals surface area contributed by atoms with Crippen LogP contribution in [0.1, 0.15) is 46.5 Å². The second-order valence-corrected chi connectivity index (χ2v) is 4.64. The van der Waals surface area contributed by atoms with Gasteiger partial charge in [0.2, 0.25) is 0 Å². The molecular formula is C14H30N2O2. The second kappa shape index (κ2) is 11.5. The summed E-state index contributed by atoms with van der Waals surface area (Å²) in [7, 11) is 1.45. The summed E-state index contributed by atoms with van der Waals surface area (Å²) in [6.45, 7) is 10.1. The van der Waals surface area contributed by atoms with Gasteiger partial charge >= 0.3 is 5.97 Å². The van der Waals surface area contributed by atoms with Crippen LogP contribution in [0.4, 0.5) is 0 Å². The zero-order chi connectivity index (χ0) is 13.8. The van der Waals surface area contributed by atoms with Crippen molar-refractivity contribution in [3.05, 3.63) is 0 Å². The smallest absolute Gasteiger partial charge is 0.324 e. The van der Waals surface area contributed by atoms with Crippen LogP contribution >= 0.6 is 0 Å². The van der Waals surface area contributed by atoms with Crippen LogP contribution in [-0.2, 0) is 9.53 Å². The highest BCUT2D eigenvalue weighted by molar-refractivity contribution is 5.75. The number of carbonyl (C=O) groups excluding carboxylic acids is 1. The molecule has 0 saturated carbocycles. The maximum atomic E-state index is 11.7. The number of unbranched alkanes of at least 4 members (excludes halogenated alkanes) is 2. The largest absolute Gasteiger partial charge is 0.468 e. The van der Waals surface area contributed by atoms with E-state index in [1.807, 2.05) is 6.92 Å². The molecule has 0 rings (SSSR count).